The fourth-order valence-electron chi connectivity index (χ4n) is 0.139. The van der Waals surface area contributed by atoms with E-state index in [0.717, 1.165) is 5.57 Å². The van der Waals surface area contributed by atoms with E-state index >= 15 is 0 Å². The van der Waals surface area contributed by atoms with Gasteiger partial charge in [0, 0.05) is 6.21 Å². The first kappa shape index (κ1) is 5.90. The van der Waals surface area contributed by atoms with Gasteiger partial charge in [0.2, 0.25) is 6.19 Å². The molecular weight excluding hydrogens is 88.1 g/mol. The van der Waals surface area contributed by atoms with Crippen LogP contribution in [0.5, 0.6) is 0 Å². The summed E-state index contributed by atoms with van der Waals surface area (Å²) in [4.78, 5) is 3.25. The average molecular weight is 94.1 g/mol. The SMILES string of the molecule is C=C(C)C=NC#N. The lowest BCUT2D eigenvalue weighted by Gasteiger charge is -1.73. The molecule has 2 nitrogen and oxygen atoms in total. The number of aliphatic imine (C=N–C) groups is 1. The number of nitrogens with zero attached hydrogens (tertiary/aromatic N) is 2. The monoisotopic (exact) mass is 94.1 g/mol. The molecular formula is C5H6N2. The molecule has 0 heterocycles. The molecule has 0 unspecified atom stereocenters. The van der Waals surface area contributed by atoms with E-state index in [-0.39, 0.29) is 0 Å². The molecule has 0 rings (SSSR count). The van der Waals surface area contributed by atoms with Crippen LogP contribution in [-0.4, -0.2) is 6.21 Å². The first-order chi connectivity index (χ1) is 3.27. The number of hydrogen-bond donors (Lipinski definition) is 0. The maximum absolute atomic E-state index is 7.83. The summed E-state index contributed by atoms with van der Waals surface area (Å²) >= 11 is 0. The third kappa shape index (κ3) is 4.90. The zero-order valence-electron chi connectivity index (χ0n) is 4.18. The Morgan fingerprint density at radius 3 is 2.71 bits per heavy atom. The van der Waals surface area contributed by atoms with Crippen LogP contribution in [0.15, 0.2) is 17.1 Å². The Labute approximate surface area is 42.8 Å². The van der Waals surface area contributed by atoms with Gasteiger partial charge in [0.1, 0.15) is 0 Å². The first-order valence-corrected chi connectivity index (χ1v) is 1.85. The summed E-state index contributed by atoms with van der Waals surface area (Å²) in [6, 6.07) is 0. The Kier molecular flexibility index (Phi) is 2.62. The smallest absolute Gasteiger partial charge is 0.182 e. The molecule has 7 heavy (non-hydrogen) atoms. The summed E-state index contributed by atoms with van der Waals surface area (Å²) in [7, 11) is 0. The van der Waals surface area contributed by atoms with Crippen LogP contribution < -0.4 is 0 Å². The van der Waals surface area contributed by atoms with Crippen LogP contribution >= 0.6 is 0 Å². The van der Waals surface area contributed by atoms with Crippen LogP contribution in [-0.2, 0) is 0 Å². The summed E-state index contributed by atoms with van der Waals surface area (Å²) in [6.07, 6.45) is 3.02. The van der Waals surface area contributed by atoms with Crippen molar-refractivity contribution in [2.24, 2.45) is 4.99 Å². The van der Waals surface area contributed by atoms with E-state index in [4.69, 9.17) is 5.26 Å². The molecule has 0 saturated carbocycles. The molecule has 0 bridgehead atoms. The lowest BCUT2D eigenvalue weighted by molar-refractivity contribution is 1.44. The van der Waals surface area contributed by atoms with E-state index < -0.39 is 0 Å². The van der Waals surface area contributed by atoms with Gasteiger partial charge in [-0.3, -0.25) is 0 Å². The molecule has 0 spiro atoms. The van der Waals surface area contributed by atoms with Gasteiger partial charge in [0.15, 0.2) is 0 Å². The van der Waals surface area contributed by atoms with Crippen molar-refractivity contribution in [1.29, 1.82) is 5.26 Å². The maximum atomic E-state index is 7.83. The molecule has 0 amide bonds. The van der Waals surface area contributed by atoms with Crippen molar-refractivity contribution >= 4 is 6.21 Å². The second-order valence-corrected chi connectivity index (χ2v) is 1.20. The summed E-state index contributed by atoms with van der Waals surface area (Å²) in [5, 5.41) is 7.83. The molecule has 0 fully saturated rings. The fourth-order valence-corrected chi connectivity index (χ4v) is 0.139. The molecule has 0 atom stereocenters. The van der Waals surface area contributed by atoms with Gasteiger partial charge in [-0.15, -0.1) is 0 Å². The van der Waals surface area contributed by atoms with Gasteiger partial charge in [0.05, 0.1) is 0 Å². The minimum absolute atomic E-state index is 0.793. The lowest BCUT2D eigenvalue weighted by atomic mass is 10.4. The number of allylic oxidation sites excluding steroid dienone is 1. The molecule has 0 aliphatic carbocycles. The van der Waals surface area contributed by atoms with Crippen LogP contribution in [0.4, 0.5) is 0 Å². The molecule has 0 aromatic carbocycles. The third-order valence-electron chi connectivity index (χ3n) is 0.343. The molecule has 0 aliphatic heterocycles. The van der Waals surface area contributed by atoms with E-state index in [1.807, 2.05) is 0 Å². The standard InChI is InChI=1S/C5H6N2/c1-5(2)3-7-4-6/h3H,1H2,2H3. The number of rotatable bonds is 1. The van der Waals surface area contributed by atoms with E-state index in [1.165, 1.54) is 6.21 Å². The Hall–Kier alpha value is -1.10. The van der Waals surface area contributed by atoms with Crippen molar-refractivity contribution in [3.05, 3.63) is 12.2 Å². The second-order valence-electron chi connectivity index (χ2n) is 1.20. The van der Waals surface area contributed by atoms with Crippen molar-refractivity contribution in [3.8, 4) is 6.19 Å². The number of hydrogen-bond acceptors (Lipinski definition) is 2. The molecule has 0 radical (unpaired) electrons. The van der Waals surface area contributed by atoms with Crippen LogP contribution in [0.25, 0.3) is 0 Å². The van der Waals surface area contributed by atoms with E-state index in [2.05, 4.69) is 11.6 Å². The molecule has 0 aromatic rings. The second kappa shape index (κ2) is 3.10. The highest BCUT2D eigenvalue weighted by Crippen LogP contribution is 1.76. The quantitative estimate of drug-likeness (QED) is 0.354. The summed E-state index contributed by atoms with van der Waals surface area (Å²) in [5.41, 5.74) is 0.793. The third-order valence-corrected chi connectivity index (χ3v) is 0.343. The van der Waals surface area contributed by atoms with Crippen LogP contribution in [0.1, 0.15) is 6.92 Å². The molecule has 0 N–H and O–H groups in total. The molecule has 0 aromatic heterocycles. The summed E-state index contributed by atoms with van der Waals surface area (Å²) in [6.45, 7) is 5.27. The number of nitriles is 1. The predicted molar refractivity (Wildman–Crippen MR) is 28.9 cm³/mol. The fraction of sp³-hybridized carbons (Fsp3) is 0.200. The Morgan fingerprint density at radius 1 is 2.00 bits per heavy atom. The Morgan fingerprint density at radius 2 is 2.57 bits per heavy atom. The largest absolute Gasteiger partial charge is 0.205 e. The van der Waals surface area contributed by atoms with Crippen molar-refractivity contribution in [2.45, 2.75) is 6.92 Å². The van der Waals surface area contributed by atoms with Gasteiger partial charge in [-0.1, -0.05) is 6.58 Å². The van der Waals surface area contributed by atoms with E-state index in [1.54, 1.807) is 13.1 Å². The van der Waals surface area contributed by atoms with Crippen LogP contribution in [0, 0.1) is 11.5 Å². The van der Waals surface area contributed by atoms with Gasteiger partial charge in [-0.25, -0.2) is 0 Å². The molecule has 0 saturated heterocycles. The van der Waals surface area contributed by atoms with Crippen molar-refractivity contribution < 1.29 is 0 Å². The predicted octanol–water partition coefficient (Wildman–Crippen LogP) is 1.11. The van der Waals surface area contributed by atoms with Crippen molar-refractivity contribution in [2.75, 3.05) is 0 Å². The highest BCUT2D eigenvalue weighted by atomic mass is 14.7. The zero-order valence-corrected chi connectivity index (χ0v) is 4.18. The highest BCUT2D eigenvalue weighted by molar-refractivity contribution is 5.77. The zero-order chi connectivity index (χ0) is 5.70. The van der Waals surface area contributed by atoms with Gasteiger partial charge in [-0.05, 0) is 12.5 Å². The summed E-state index contributed by atoms with van der Waals surface area (Å²) < 4.78 is 0. The van der Waals surface area contributed by atoms with Crippen molar-refractivity contribution in [1.82, 2.24) is 0 Å². The van der Waals surface area contributed by atoms with E-state index in [0.29, 0.717) is 0 Å². The van der Waals surface area contributed by atoms with Gasteiger partial charge in [-0.2, -0.15) is 10.3 Å². The Balaban J connectivity index is 3.53. The van der Waals surface area contributed by atoms with E-state index in [9.17, 15) is 0 Å². The minimum Gasteiger partial charge on any atom is -0.182 e. The maximum Gasteiger partial charge on any atom is 0.205 e. The normalized spacial score (nSPS) is 8.57. The lowest BCUT2D eigenvalue weighted by Crippen LogP contribution is -1.68. The van der Waals surface area contributed by atoms with Crippen LogP contribution in [0.3, 0.4) is 0 Å². The van der Waals surface area contributed by atoms with Crippen LogP contribution in [0.2, 0.25) is 0 Å². The average Bonchev–Trinajstić information content (AvgIpc) is 1.61. The Bertz CT molecular complexity index is 128. The van der Waals surface area contributed by atoms with Crippen molar-refractivity contribution in [3.63, 3.8) is 0 Å². The van der Waals surface area contributed by atoms with Gasteiger partial charge >= 0.3 is 0 Å². The molecule has 2 heteroatoms. The first-order valence-electron chi connectivity index (χ1n) is 1.85. The summed E-state index contributed by atoms with van der Waals surface area (Å²) in [5.74, 6) is 0. The highest BCUT2D eigenvalue weighted by Gasteiger charge is 1.68. The molecule has 0 aliphatic rings. The molecule has 36 valence electrons. The van der Waals surface area contributed by atoms with Gasteiger partial charge < -0.3 is 0 Å². The van der Waals surface area contributed by atoms with Gasteiger partial charge in [0.25, 0.3) is 0 Å². The topological polar surface area (TPSA) is 36.1 Å². The minimum atomic E-state index is 0.793.